The lowest BCUT2D eigenvalue weighted by atomic mass is 10.1. The zero-order valence-electron chi connectivity index (χ0n) is 16.1. The third-order valence-corrected chi connectivity index (χ3v) is 5.06. The molecule has 0 amide bonds. The minimum Gasteiger partial charge on any atom is -0.394 e. The molecule has 0 spiro atoms. The van der Waals surface area contributed by atoms with Crippen LogP contribution in [0.3, 0.4) is 0 Å². The summed E-state index contributed by atoms with van der Waals surface area (Å²) in [6.45, 7) is 1.80. The number of anilines is 1. The Bertz CT molecular complexity index is 857. The van der Waals surface area contributed by atoms with Crippen LogP contribution in [-0.4, -0.2) is 54.8 Å². The second kappa shape index (κ2) is 9.34. The van der Waals surface area contributed by atoms with E-state index in [9.17, 15) is 15.3 Å². The normalized spacial score (nSPS) is 24.4. The number of ether oxygens (including phenoxy) is 1. The van der Waals surface area contributed by atoms with Crippen LogP contribution in [0.2, 0.25) is 0 Å². The summed E-state index contributed by atoms with van der Waals surface area (Å²) in [5.74, 6) is 6.60. The van der Waals surface area contributed by atoms with Crippen molar-refractivity contribution in [2.24, 2.45) is 0 Å². The molecule has 0 unspecified atom stereocenters. The molecule has 4 atom stereocenters. The van der Waals surface area contributed by atoms with Crippen molar-refractivity contribution >= 4 is 16.9 Å². The highest BCUT2D eigenvalue weighted by molar-refractivity contribution is 5.92. The van der Waals surface area contributed by atoms with Gasteiger partial charge in [0.05, 0.1) is 17.6 Å². The van der Waals surface area contributed by atoms with E-state index in [1.54, 1.807) is 10.8 Å². The number of unbranched alkanes of at least 4 members (excludes halogenated alkanes) is 5. The Labute approximate surface area is 164 Å². The Morgan fingerprint density at radius 2 is 1.96 bits per heavy atom. The van der Waals surface area contributed by atoms with Gasteiger partial charge in [0.15, 0.2) is 6.23 Å². The highest BCUT2D eigenvalue weighted by Gasteiger charge is 2.44. The molecule has 1 saturated heterocycles. The second-order valence-electron chi connectivity index (χ2n) is 7.10. The molecule has 8 heteroatoms. The van der Waals surface area contributed by atoms with Gasteiger partial charge in [-0.25, -0.2) is 9.97 Å². The standard InChI is InChI=1S/C20H28N4O4/c1-2-3-4-5-6-7-8-9-13-10-24(19-15(13)18(21)22-12-23-19)20-17(27)16(26)14(11-25)28-20/h10,12,14,16-17,20,25-27H,2-7,11H2,1H3,(H2,21,22,23)/t14-,16-,17-,20-/m1/s1. The molecule has 0 bridgehead atoms. The van der Waals surface area contributed by atoms with Gasteiger partial charge < -0.3 is 30.4 Å². The van der Waals surface area contributed by atoms with Crippen LogP contribution in [0.5, 0.6) is 0 Å². The van der Waals surface area contributed by atoms with Crippen molar-refractivity contribution in [2.45, 2.75) is 70.0 Å². The van der Waals surface area contributed by atoms with Crippen LogP contribution in [0, 0.1) is 11.8 Å². The summed E-state index contributed by atoms with van der Waals surface area (Å²) in [5.41, 5.74) is 7.16. The Morgan fingerprint density at radius 1 is 1.18 bits per heavy atom. The van der Waals surface area contributed by atoms with Gasteiger partial charge in [-0.3, -0.25) is 0 Å². The van der Waals surface area contributed by atoms with Gasteiger partial charge in [0.25, 0.3) is 0 Å². The maximum atomic E-state index is 10.3. The third-order valence-electron chi connectivity index (χ3n) is 5.06. The predicted octanol–water partition coefficient (Wildman–Crippen LogP) is 1.34. The first-order chi connectivity index (χ1) is 13.6. The number of nitrogens with zero attached hydrogens (tertiary/aromatic N) is 3. The number of aromatic nitrogens is 3. The van der Waals surface area contributed by atoms with Gasteiger partial charge >= 0.3 is 0 Å². The number of fused-ring (bicyclic) bond motifs is 1. The van der Waals surface area contributed by atoms with Crippen molar-refractivity contribution in [3.05, 3.63) is 18.1 Å². The first-order valence-electron chi connectivity index (χ1n) is 9.80. The summed E-state index contributed by atoms with van der Waals surface area (Å²) in [6.07, 6.45) is 5.58. The van der Waals surface area contributed by atoms with Gasteiger partial charge in [-0.1, -0.05) is 44.4 Å². The first kappa shape index (κ1) is 20.6. The molecule has 0 saturated carbocycles. The number of nitrogens with two attached hydrogens (primary N) is 1. The zero-order valence-corrected chi connectivity index (χ0v) is 16.1. The SMILES string of the molecule is CCCCCCCC#Cc1cn([C@@H]2O[C@H](CO)[C@@H](O)[C@H]2O)c2ncnc(N)c12. The first-order valence-corrected chi connectivity index (χ1v) is 9.80. The molecule has 0 radical (unpaired) electrons. The molecule has 3 heterocycles. The van der Waals surface area contributed by atoms with Crippen molar-refractivity contribution in [3.63, 3.8) is 0 Å². The number of rotatable bonds is 7. The van der Waals surface area contributed by atoms with Crippen LogP contribution in [0.25, 0.3) is 11.0 Å². The van der Waals surface area contributed by atoms with Gasteiger partial charge in [0.2, 0.25) is 0 Å². The summed E-state index contributed by atoms with van der Waals surface area (Å²) in [6, 6.07) is 0. The van der Waals surface area contributed by atoms with Crippen LogP contribution in [0.15, 0.2) is 12.5 Å². The van der Waals surface area contributed by atoms with Crippen molar-refractivity contribution in [3.8, 4) is 11.8 Å². The molecule has 152 valence electrons. The third kappa shape index (κ3) is 4.13. The molecule has 0 aliphatic carbocycles. The number of aliphatic hydroxyl groups is 3. The van der Waals surface area contributed by atoms with Gasteiger partial charge in [-0.15, -0.1) is 0 Å². The number of aliphatic hydroxyl groups excluding tert-OH is 3. The van der Waals surface area contributed by atoms with Crippen LogP contribution < -0.4 is 5.73 Å². The average Bonchev–Trinajstić information content (AvgIpc) is 3.20. The van der Waals surface area contributed by atoms with Crippen molar-refractivity contribution < 1.29 is 20.1 Å². The number of hydrogen-bond donors (Lipinski definition) is 4. The van der Waals surface area contributed by atoms with E-state index in [1.807, 2.05) is 0 Å². The van der Waals surface area contributed by atoms with Crippen molar-refractivity contribution in [1.82, 2.24) is 14.5 Å². The molecule has 2 aromatic heterocycles. The van der Waals surface area contributed by atoms with E-state index in [1.165, 1.54) is 25.6 Å². The highest BCUT2D eigenvalue weighted by atomic mass is 16.6. The van der Waals surface area contributed by atoms with Gasteiger partial charge in [-0.05, 0) is 6.42 Å². The monoisotopic (exact) mass is 388 g/mol. The quantitative estimate of drug-likeness (QED) is 0.416. The lowest BCUT2D eigenvalue weighted by Gasteiger charge is -2.17. The smallest absolute Gasteiger partial charge is 0.164 e. The molecule has 28 heavy (non-hydrogen) atoms. The van der Waals surface area contributed by atoms with Gasteiger partial charge in [0.1, 0.15) is 36.1 Å². The fourth-order valence-corrected chi connectivity index (χ4v) is 3.48. The average molecular weight is 388 g/mol. The fraction of sp³-hybridized carbons (Fsp3) is 0.600. The topological polar surface area (TPSA) is 127 Å². The molecular formula is C20H28N4O4. The van der Waals surface area contributed by atoms with Crippen LogP contribution in [0.4, 0.5) is 5.82 Å². The van der Waals surface area contributed by atoms with E-state index in [0.29, 0.717) is 22.4 Å². The molecular weight excluding hydrogens is 360 g/mol. The Hall–Kier alpha value is -2.18. The van der Waals surface area contributed by atoms with E-state index in [4.69, 9.17) is 10.5 Å². The number of nitrogen functional groups attached to an aromatic ring is 1. The van der Waals surface area contributed by atoms with Gasteiger partial charge in [-0.2, -0.15) is 0 Å². The maximum Gasteiger partial charge on any atom is 0.164 e. The molecule has 0 aromatic carbocycles. The molecule has 5 N–H and O–H groups in total. The van der Waals surface area contributed by atoms with E-state index in [0.717, 1.165) is 19.3 Å². The predicted molar refractivity (Wildman–Crippen MR) is 105 cm³/mol. The van der Waals surface area contributed by atoms with E-state index >= 15 is 0 Å². The lowest BCUT2D eigenvalue weighted by molar-refractivity contribution is -0.0508. The molecule has 2 aromatic rings. The molecule has 1 aliphatic rings. The fourth-order valence-electron chi connectivity index (χ4n) is 3.48. The summed E-state index contributed by atoms with van der Waals surface area (Å²) in [4.78, 5) is 8.31. The van der Waals surface area contributed by atoms with Crippen molar-refractivity contribution in [1.29, 1.82) is 0 Å². The van der Waals surface area contributed by atoms with Crippen molar-refractivity contribution in [2.75, 3.05) is 12.3 Å². The van der Waals surface area contributed by atoms with Crippen LogP contribution in [-0.2, 0) is 4.74 Å². The molecule has 8 nitrogen and oxygen atoms in total. The summed E-state index contributed by atoms with van der Waals surface area (Å²) < 4.78 is 7.23. The Balaban J connectivity index is 1.85. The van der Waals surface area contributed by atoms with E-state index in [2.05, 4.69) is 28.7 Å². The summed E-state index contributed by atoms with van der Waals surface area (Å²) in [7, 11) is 0. The summed E-state index contributed by atoms with van der Waals surface area (Å²) in [5, 5.41) is 30.3. The van der Waals surface area contributed by atoms with Gasteiger partial charge in [0, 0.05) is 12.6 Å². The minimum atomic E-state index is -1.21. The largest absolute Gasteiger partial charge is 0.394 e. The zero-order chi connectivity index (χ0) is 20.1. The summed E-state index contributed by atoms with van der Waals surface area (Å²) >= 11 is 0. The van der Waals surface area contributed by atoms with E-state index in [-0.39, 0.29) is 0 Å². The highest BCUT2D eigenvalue weighted by Crippen LogP contribution is 2.34. The second-order valence-corrected chi connectivity index (χ2v) is 7.10. The number of hydrogen-bond acceptors (Lipinski definition) is 7. The maximum absolute atomic E-state index is 10.3. The molecule has 3 rings (SSSR count). The Morgan fingerprint density at radius 3 is 2.68 bits per heavy atom. The van der Waals surface area contributed by atoms with Crippen LogP contribution >= 0.6 is 0 Å². The molecule has 1 fully saturated rings. The Kier molecular flexibility index (Phi) is 6.86. The lowest BCUT2D eigenvalue weighted by Crippen LogP contribution is -2.33. The van der Waals surface area contributed by atoms with E-state index < -0.39 is 31.1 Å². The molecule has 1 aliphatic heterocycles. The van der Waals surface area contributed by atoms with Crippen LogP contribution in [0.1, 0.15) is 57.2 Å². The minimum absolute atomic E-state index is 0.294.